The van der Waals surface area contributed by atoms with Crippen molar-refractivity contribution < 1.29 is 14.3 Å². The van der Waals surface area contributed by atoms with Crippen LogP contribution in [0.15, 0.2) is 35.3 Å². The van der Waals surface area contributed by atoms with Crippen LogP contribution in [0, 0.1) is 0 Å². The highest BCUT2D eigenvalue weighted by molar-refractivity contribution is 5.80. The Hall–Kier alpha value is -3.53. The van der Waals surface area contributed by atoms with Crippen molar-refractivity contribution in [2.24, 2.45) is 0 Å². The summed E-state index contributed by atoms with van der Waals surface area (Å²) in [6, 6.07) is 6.76. The number of nitrogens with one attached hydrogen (secondary N) is 1. The molecule has 0 radical (unpaired) electrons. The van der Waals surface area contributed by atoms with Crippen molar-refractivity contribution in [3.05, 3.63) is 40.8 Å². The lowest BCUT2D eigenvalue weighted by Gasteiger charge is -2.26. The summed E-state index contributed by atoms with van der Waals surface area (Å²) in [6.45, 7) is 7.36. The number of rotatable bonds is 10. The molecular weight excluding hydrogens is 460 g/mol. The van der Waals surface area contributed by atoms with Crippen LogP contribution in [0.1, 0.15) is 39.5 Å². The predicted octanol–water partition coefficient (Wildman–Crippen LogP) is 2.64. The first kappa shape index (κ1) is 25.6. The molecule has 0 aliphatic carbocycles. The van der Waals surface area contributed by atoms with Crippen LogP contribution >= 0.6 is 0 Å². The van der Waals surface area contributed by atoms with E-state index in [1.165, 1.54) is 30.9 Å². The summed E-state index contributed by atoms with van der Waals surface area (Å²) in [5.74, 6) is 0.829. The Kier molecular flexibility index (Phi) is 8.48. The molecule has 0 aromatic carbocycles. The number of aromatic nitrogens is 4. The SMILES string of the molecule is COc1cccc(-c2nc3ncc(OCCCN4CCCCC4)cc3c(=O)n2CC(=O)NC(C)C)n1. The molecule has 0 spiro atoms. The molecule has 10 heteroatoms. The zero-order chi connectivity index (χ0) is 25.5. The maximum atomic E-state index is 13.6. The van der Waals surface area contributed by atoms with Crippen molar-refractivity contribution in [3.8, 4) is 23.1 Å². The normalized spacial score (nSPS) is 14.2. The number of carbonyl (C=O) groups is 1. The van der Waals surface area contributed by atoms with Crippen molar-refractivity contribution in [2.75, 3.05) is 33.4 Å². The Morgan fingerprint density at radius 1 is 1.17 bits per heavy atom. The van der Waals surface area contributed by atoms with Crippen LogP contribution in [-0.4, -0.2) is 69.7 Å². The maximum absolute atomic E-state index is 13.6. The molecule has 0 unspecified atom stereocenters. The van der Waals surface area contributed by atoms with Gasteiger partial charge in [-0.25, -0.2) is 15.0 Å². The molecule has 3 aromatic heterocycles. The molecule has 0 atom stereocenters. The van der Waals surface area contributed by atoms with Crippen molar-refractivity contribution in [2.45, 2.75) is 52.1 Å². The minimum absolute atomic E-state index is 0.0633. The fourth-order valence-electron chi connectivity index (χ4n) is 4.33. The fourth-order valence-corrected chi connectivity index (χ4v) is 4.33. The first-order chi connectivity index (χ1) is 17.4. The number of amides is 1. The van der Waals surface area contributed by atoms with Gasteiger partial charge in [-0.15, -0.1) is 0 Å². The molecule has 1 N–H and O–H groups in total. The van der Waals surface area contributed by atoms with E-state index in [4.69, 9.17) is 9.47 Å². The maximum Gasteiger partial charge on any atom is 0.263 e. The first-order valence-corrected chi connectivity index (χ1v) is 12.5. The summed E-state index contributed by atoms with van der Waals surface area (Å²) in [5.41, 5.74) is 0.288. The summed E-state index contributed by atoms with van der Waals surface area (Å²) in [4.78, 5) is 42.0. The summed E-state index contributed by atoms with van der Waals surface area (Å²) in [5, 5.41) is 3.11. The summed E-state index contributed by atoms with van der Waals surface area (Å²) in [6.07, 6.45) is 6.31. The molecule has 4 rings (SSSR count). The van der Waals surface area contributed by atoms with Crippen molar-refractivity contribution in [1.82, 2.24) is 29.7 Å². The third kappa shape index (κ3) is 6.37. The molecule has 1 fully saturated rings. The molecule has 1 saturated heterocycles. The molecule has 0 bridgehead atoms. The van der Waals surface area contributed by atoms with Gasteiger partial charge in [0, 0.05) is 18.7 Å². The van der Waals surface area contributed by atoms with E-state index >= 15 is 0 Å². The molecule has 0 saturated carbocycles. The van der Waals surface area contributed by atoms with E-state index in [1.807, 2.05) is 13.8 Å². The third-order valence-electron chi connectivity index (χ3n) is 6.03. The molecule has 1 amide bonds. The molecule has 3 aromatic rings. The molecule has 36 heavy (non-hydrogen) atoms. The number of hydrogen-bond acceptors (Lipinski definition) is 8. The van der Waals surface area contributed by atoms with Gasteiger partial charge in [-0.2, -0.15) is 0 Å². The van der Waals surface area contributed by atoms with Crippen LogP contribution in [-0.2, 0) is 11.3 Å². The van der Waals surface area contributed by atoms with Gasteiger partial charge in [0.2, 0.25) is 11.8 Å². The Morgan fingerprint density at radius 2 is 1.97 bits per heavy atom. The van der Waals surface area contributed by atoms with Gasteiger partial charge in [-0.3, -0.25) is 14.2 Å². The highest BCUT2D eigenvalue weighted by atomic mass is 16.5. The monoisotopic (exact) mass is 494 g/mol. The van der Waals surface area contributed by atoms with Gasteiger partial charge in [-0.1, -0.05) is 12.5 Å². The van der Waals surface area contributed by atoms with Crippen LogP contribution in [0.4, 0.5) is 0 Å². The average Bonchev–Trinajstić information content (AvgIpc) is 2.88. The Bertz CT molecular complexity index is 1250. The second-order valence-electron chi connectivity index (χ2n) is 9.26. The highest BCUT2D eigenvalue weighted by Crippen LogP contribution is 2.21. The van der Waals surface area contributed by atoms with Gasteiger partial charge in [0.1, 0.15) is 18.0 Å². The summed E-state index contributed by atoms with van der Waals surface area (Å²) >= 11 is 0. The summed E-state index contributed by atoms with van der Waals surface area (Å²) < 4.78 is 12.5. The van der Waals surface area contributed by atoms with Crippen LogP contribution in [0.3, 0.4) is 0 Å². The van der Waals surface area contributed by atoms with Crippen LogP contribution in [0.5, 0.6) is 11.6 Å². The number of piperidine rings is 1. The van der Waals surface area contributed by atoms with Crippen LogP contribution in [0.25, 0.3) is 22.6 Å². The van der Waals surface area contributed by atoms with Crippen molar-refractivity contribution >= 4 is 16.9 Å². The zero-order valence-corrected chi connectivity index (χ0v) is 21.2. The minimum atomic E-state index is -0.384. The van der Waals surface area contributed by atoms with E-state index in [-0.39, 0.29) is 40.9 Å². The van der Waals surface area contributed by atoms with Crippen molar-refractivity contribution in [3.63, 3.8) is 0 Å². The number of methoxy groups -OCH3 is 1. The molecule has 1 aliphatic heterocycles. The smallest absolute Gasteiger partial charge is 0.263 e. The number of ether oxygens (including phenoxy) is 2. The molecule has 192 valence electrons. The molecule has 4 heterocycles. The van der Waals surface area contributed by atoms with Crippen molar-refractivity contribution in [1.29, 1.82) is 0 Å². The van der Waals surface area contributed by atoms with Crippen LogP contribution in [0.2, 0.25) is 0 Å². The lowest BCUT2D eigenvalue weighted by Crippen LogP contribution is -2.37. The molecule has 1 aliphatic rings. The van der Waals surface area contributed by atoms with Gasteiger partial charge in [0.25, 0.3) is 5.56 Å². The van der Waals surface area contributed by atoms with E-state index < -0.39 is 0 Å². The Labute approximate surface area is 210 Å². The average molecular weight is 495 g/mol. The molecular formula is C26H34N6O4. The summed E-state index contributed by atoms with van der Waals surface area (Å²) in [7, 11) is 1.51. The standard InChI is InChI=1S/C26H34N6O4/c1-18(2)28-22(33)17-32-25(21-9-7-10-23(29-21)35-3)30-24-20(26(32)34)15-19(16-27-24)36-14-8-13-31-11-5-4-6-12-31/h7,9-10,15-16,18H,4-6,8,11-14,17H2,1-3H3,(H,28,33). The van der Waals surface area contributed by atoms with Gasteiger partial charge in [0.05, 0.1) is 25.3 Å². The second-order valence-corrected chi connectivity index (χ2v) is 9.26. The second kappa shape index (κ2) is 11.9. The van der Waals surface area contributed by atoms with E-state index in [9.17, 15) is 9.59 Å². The Morgan fingerprint density at radius 3 is 2.72 bits per heavy atom. The highest BCUT2D eigenvalue weighted by Gasteiger charge is 2.19. The van der Waals surface area contributed by atoms with Gasteiger partial charge in [-0.05, 0) is 58.3 Å². The minimum Gasteiger partial charge on any atom is -0.492 e. The lowest BCUT2D eigenvalue weighted by molar-refractivity contribution is -0.122. The topological polar surface area (TPSA) is 111 Å². The zero-order valence-electron chi connectivity index (χ0n) is 21.2. The quantitative estimate of drug-likeness (QED) is 0.428. The van der Waals surface area contributed by atoms with E-state index in [0.29, 0.717) is 23.9 Å². The number of nitrogens with zero attached hydrogens (tertiary/aromatic N) is 5. The lowest BCUT2D eigenvalue weighted by atomic mass is 10.1. The first-order valence-electron chi connectivity index (χ1n) is 12.5. The number of carbonyl (C=O) groups excluding carboxylic acids is 1. The van der Waals surface area contributed by atoms with E-state index in [1.54, 1.807) is 30.5 Å². The van der Waals surface area contributed by atoms with Gasteiger partial charge in [0.15, 0.2) is 11.5 Å². The van der Waals surface area contributed by atoms with E-state index in [0.717, 1.165) is 26.1 Å². The largest absolute Gasteiger partial charge is 0.492 e. The Balaban J connectivity index is 1.61. The van der Waals surface area contributed by atoms with Gasteiger partial charge >= 0.3 is 0 Å². The van der Waals surface area contributed by atoms with E-state index in [2.05, 4.69) is 25.2 Å². The number of pyridine rings is 2. The third-order valence-corrected chi connectivity index (χ3v) is 6.03. The fraction of sp³-hybridized carbons (Fsp3) is 0.500. The predicted molar refractivity (Wildman–Crippen MR) is 137 cm³/mol. The van der Waals surface area contributed by atoms with Crippen LogP contribution < -0.4 is 20.3 Å². The number of fused-ring (bicyclic) bond motifs is 1. The van der Waals surface area contributed by atoms with Gasteiger partial charge < -0.3 is 19.7 Å². The number of likely N-dealkylation sites (tertiary alicyclic amines) is 1. The molecule has 10 nitrogen and oxygen atoms in total. The number of hydrogen-bond donors (Lipinski definition) is 1.